The van der Waals surface area contributed by atoms with Gasteiger partial charge in [0.25, 0.3) is 0 Å². The van der Waals surface area contributed by atoms with Crippen molar-refractivity contribution in [3.8, 4) is 0 Å². The lowest BCUT2D eigenvalue weighted by atomic mass is 9.58. The second-order valence-electron chi connectivity index (χ2n) is 32.8. The van der Waals surface area contributed by atoms with Gasteiger partial charge in [-0.2, -0.15) is 13.2 Å². The number of carbonyl (C=O) groups excluding carboxylic acids is 12. The lowest BCUT2D eigenvalue weighted by Crippen LogP contribution is -2.71. The van der Waals surface area contributed by atoms with Gasteiger partial charge in [-0.05, 0) is 126 Å². The second-order valence-corrected chi connectivity index (χ2v) is 32.8. The van der Waals surface area contributed by atoms with Crippen molar-refractivity contribution in [3.05, 3.63) is 12.2 Å². The van der Waals surface area contributed by atoms with Crippen molar-refractivity contribution in [3.63, 3.8) is 0 Å². The molecule has 2 bridgehead atoms. The Morgan fingerprint density at radius 2 is 1.31 bits per heavy atom. The van der Waals surface area contributed by atoms with E-state index < -0.39 is 217 Å². The highest BCUT2D eigenvalue weighted by Gasteiger charge is 2.60. The Hall–Kier alpha value is -7.05. The number of alkyl halides is 5. The number of carbonyl (C=O) groups is 12. The first-order valence-corrected chi connectivity index (χ1v) is 39.3. The highest BCUT2D eigenvalue weighted by atomic mass is 19.4. The summed E-state index contributed by atoms with van der Waals surface area (Å²) >= 11 is 0. The van der Waals surface area contributed by atoms with E-state index in [2.05, 4.69) is 22.9 Å². The lowest BCUT2D eigenvalue weighted by molar-refractivity contribution is -0.219. The van der Waals surface area contributed by atoms with Crippen LogP contribution in [0.4, 0.5) is 22.0 Å². The van der Waals surface area contributed by atoms with E-state index in [1.165, 1.54) is 73.8 Å². The number of amides is 12. The number of fused-ring (bicyclic) bond motifs is 3. The normalized spacial score (nSPS) is 32.3. The van der Waals surface area contributed by atoms with Crippen LogP contribution in [-0.4, -0.2) is 295 Å². The highest BCUT2D eigenvalue weighted by molar-refractivity contribution is 6.01. The van der Waals surface area contributed by atoms with Crippen LogP contribution < -0.4 is 16.0 Å². The largest absolute Gasteiger partial charge is 0.397 e. The highest BCUT2D eigenvalue weighted by Crippen LogP contribution is 2.50. The summed E-state index contributed by atoms with van der Waals surface area (Å²) in [6.45, 7) is 13.0. The van der Waals surface area contributed by atoms with Gasteiger partial charge >= 0.3 is 6.18 Å². The maximum absolute atomic E-state index is 15.8. The summed E-state index contributed by atoms with van der Waals surface area (Å²) in [7, 11) is 9.79. The monoisotopic (exact) mass is 1530 g/mol. The Morgan fingerprint density at radius 3 is 1.89 bits per heavy atom. The van der Waals surface area contributed by atoms with Crippen LogP contribution in [0.1, 0.15) is 184 Å². The van der Waals surface area contributed by atoms with E-state index in [0.29, 0.717) is 44.4 Å². The minimum atomic E-state index is -5.18. The number of hydrogen-bond acceptors (Lipinski definition) is 14. The average Bonchev–Trinajstić information content (AvgIpc) is 1.01. The molecule has 7 rings (SSSR count). The van der Waals surface area contributed by atoms with E-state index in [9.17, 15) is 41.9 Å². The van der Waals surface area contributed by atoms with Crippen molar-refractivity contribution >= 4 is 70.9 Å². The first-order chi connectivity index (χ1) is 50.7. The molecule has 3 N–H and O–H groups in total. The van der Waals surface area contributed by atoms with Crippen LogP contribution in [0.5, 0.6) is 0 Å². The van der Waals surface area contributed by atoms with Gasteiger partial charge in [-0.15, -0.1) is 0 Å². The molecular formula is C77H123F5N12O14. The van der Waals surface area contributed by atoms with Crippen molar-refractivity contribution in [1.29, 1.82) is 0 Å². The van der Waals surface area contributed by atoms with Gasteiger partial charge in [-0.1, -0.05) is 91.7 Å². The van der Waals surface area contributed by atoms with Gasteiger partial charge in [0.1, 0.15) is 72.1 Å². The number of nitrogens with one attached hydrogen (secondary N) is 3. The molecule has 7 aliphatic rings. The van der Waals surface area contributed by atoms with Crippen LogP contribution >= 0.6 is 0 Å². The molecule has 26 nitrogen and oxygen atoms in total. The molecule has 3 aliphatic heterocycles. The summed E-state index contributed by atoms with van der Waals surface area (Å²) in [5.74, 6) is -13.4. The summed E-state index contributed by atoms with van der Waals surface area (Å²) in [6, 6.07) is -11.0. The standard InChI is InChI=1S/C77H123F5N12O14/c1-16-47(6)64-72(104)88(11)42-62(97)89(12)55-27-21-20-24-34-93(71(55)103)58(37-48-30-28-46(5)29-31-48)70(102)87(10)41-60(95)83-54(33-32-49-35-52(78)63(53(79)36-49)77(80,81)82)68(100)94-40-51(108-19-4)38-56(94)67(99)85-76(44-75(7,8)45-76)74(106)92(15)65(50-25-22-23-26-50)73(105)91(14)57(69(101)86(9)17-2)39-61(96)90(13)59(43-107-18-3)66(98)84-64/h20-21,46-59,63-65H,16-19,22-45H2,1-15H3,(H,83,95)(H,84,98)(H,85,99)/b21-20-/t46?,47-,48?,49?,51+,52?,53?,54-,55-,56-,57-,58-,59-,63?,64-,65-/m0/s1. The van der Waals surface area contributed by atoms with Crippen molar-refractivity contribution in [2.75, 3.05) is 102 Å². The predicted octanol–water partition coefficient (Wildman–Crippen LogP) is 5.83. The molecular weight excluding hydrogens is 1410 g/mol. The van der Waals surface area contributed by atoms with Crippen molar-refractivity contribution in [2.45, 2.75) is 262 Å². The molecule has 4 aliphatic carbocycles. The van der Waals surface area contributed by atoms with Gasteiger partial charge in [0.2, 0.25) is 70.9 Å². The summed E-state index contributed by atoms with van der Waals surface area (Å²) in [5, 5.41) is 8.59. The number of ether oxygens (including phenoxy) is 2. The predicted molar refractivity (Wildman–Crippen MR) is 392 cm³/mol. The van der Waals surface area contributed by atoms with Gasteiger partial charge in [0.05, 0.1) is 32.2 Å². The molecule has 31 heteroatoms. The molecule has 0 aromatic heterocycles. The van der Waals surface area contributed by atoms with E-state index in [-0.39, 0.29) is 83.9 Å². The molecule has 6 fully saturated rings. The number of likely N-dealkylation sites (N-methyl/N-ethyl adjacent to an activating group) is 7. The zero-order valence-corrected chi connectivity index (χ0v) is 66.4. The summed E-state index contributed by atoms with van der Waals surface area (Å²) in [6.07, 6.45) is -4.15. The van der Waals surface area contributed by atoms with Gasteiger partial charge in [0, 0.05) is 88.6 Å². The Bertz CT molecular complexity index is 3200. The quantitative estimate of drug-likeness (QED) is 0.129. The molecule has 0 aromatic rings. The minimum absolute atomic E-state index is 0.00263. The van der Waals surface area contributed by atoms with Crippen LogP contribution in [0.25, 0.3) is 0 Å². The third-order valence-corrected chi connectivity index (χ3v) is 24.3. The average molecular weight is 1540 g/mol. The van der Waals surface area contributed by atoms with Gasteiger partial charge in [0.15, 0.2) is 0 Å². The fourth-order valence-electron chi connectivity index (χ4n) is 17.6. The van der Waals surface area contributed by atoms with E-state index in [4.69, 9.17) is 9.47 Å². The minimum Gasteiger partial charge on any atom is -0.379 e. The Kier molecular flexibility index (Phi) is 31.2. The van der Waals surface area contributed by atoms with Crippen LogP contribution in [0.15, 0.2) is 12.2 Å². The fraction of sp³-hybridized carbons (Fsp3) is 0.818. The molecule has 4 saturated carbocycles. The van der Waals surface area contributed by atoms with Crippen LogP contribution in [0.2, 0.25) is 0 Å². The second kappa shape index (κ2) is 38.3. The summed E-state index contributed by atoms with van der Waals surface area (Å²) in [5.41, 5.74) is -2.30. The molecule has 0 radical (unpaired) electrons. The summed E-state index contributed by atoms with van der Waals surface area (Å²) < 4.78 is 85.0. The van der Waals surface area contributed by atoms with E-state index in [1.54, 1.807) is 40.7 Å². The van der Waals surface area contributed by atoms with Gasteiger partial charge in [-0.3, -0.25) is 57.5 Å². The fourth-order valence-corrected chi connectivity index (χ4v) is 17.6. The molecule has 2 unspecified atom stereocenters. The van der Waals surface area contributed by atoms with Crippen molar-refractivity contribution in [1.82, 2.24) is 60.0 Å². The Balaban J connectivity index is 1.34. The Labute approximate surface area is 634 Å². The number of rotatable bonds is 15. The SMILES string of the molecule is CCOC[C@H]1C(=O)N[C@@H]([C@@H](C)CC)C(=O)N(C)CC(=O)N(C)[C@H]2C/C=C\CCN(C2=O)[C@@H](CC2CCC(C)CC2)C(=O)N(C)CC(=O)N[C@@H](CCC2CC(F)C(C(F)(F)F)C(F)C2)C(=O)N2C[C@H](OCC)C[C@H]2C(=O)NC2(CC(C)(C)C2)C(=O)N(C)[C@@H](C2CCCC2)C(=O)N(C)[C@H](C(=O)N(C)CC)CC(=O)N1C. The van der Waals surface area contributed by atoms with Crippen molar-refractivity contribution < 1.29 is 89.0 Å². The number of halogens is 5. The molecule has 1 spiro atoms. The van der Waals surface area contributed by atoms with Crippen LogP contribution in [-0.2, 0) is 67.0 Å². The third kappa shape index (κ3) is 21.3. The zero-order chi connectivity index (χ0) is 80.2. The number of nitrogens with zero attached hydrogens (tertiary/aromatic N) is 9. The lowest BCUT2D eigenvalue weighted by Gasteiger charge is -2.54. The third-order valence-electron chi connectivity index (χ3n) is 24.3. The molecule has 610 valence electrons. The molecule has 2 saturated heterocycles. The first kappa shape index (κ1) is 88.2. The van der Waals surface area contributed by atoms with E-state index >= 15 is 37.5 Å². The maximum atomic E-state index is 15.8. The van der Waals surface area contributed by atoms with Gasteiger partial charge in [-0.25, -0.2) is 8.78 Å². The van der Waals surface area contributed by atoms with Gasteiger partial charge < -0.3 is 69.5 Å². The topological polar surface area (TPSA) is 289 Å². The zero-order valence-electron chi connectivity index (χ0n) is 66.4. The molecule has 12 amide bonds. The van der Waals surface area contributed by atoms with E-state index in [1.807, 2.05) is 19.9 Å². The van der Waals surface area contributed by atoms with Crippen molar-refractivity contribution in [2.24, 2.45) is 40.9 Å². The molecule has 12 atom stereocenters. The summed E-state index contributed by atoms with van der Waals surface area (Å²) in [4.78, 5) is 193. The smallest absolute Gasteiger partial charge is 0.379 e. The van der Waals surface area contributed by atoms with Crippen LogP contribution in [0.3, 0.4) is 0 Å². The Morgan fingerprint density at radius 1 is 0.676 bits per heavy atom. The maximum Gasteiger partial charge on any atom is 0.397 e. The molecule has 0 aromatic carbocycles. The molecule has 3 heterocycles. The number of hydrogen-bond donors (Lipinski definition) is 3. The molecule has 108 heavy (non-hydrogen) atoms. The van der Waals surface area contributed by atoms with E-state index in [0.717, 1.165) is 45.3 Å². The van der Waals surface area contributed by atoms with Crippen LogP contribution in [0, 0.1) is 40.9 Å². The first-order valence-electron chi connectivity index (χ1n) is 39.3.